The molecule has 0 aliphatic heterocycles. The van der Waals surface area contributed by atoms with Crippen molar-refractivity contribution in [2.45, 2.75) is 32.9 Å². The maximum Gasteiger partial charge on any atom is 0.356 e. The van der Waals surface area contributed by atoms with E-state index in [1.165, 1.54) is 4.68 Å². The minimum atomic E-state index is -1.19. The van der Waals surface area contributed by atoms with Crippen LogP contribution < -0.4 is 9.47 Å². The molecule has 0 fully saturated rings. The summed E-state index contributed by atoms with van der Waals surface area (Å²) in [5.41, 5.74) is 5.06. The van der Waals surface area contributed by atoms with E-state index in [1.54, 1.807) is 37.4 Å². The maximum atomic E-state index is 13.3. The Morgan fingerprint density at radius 1 is 0.837 bits per heavy atom. The van der Waals surface area contributed by atoms with Gasteiger partial charge in [-0.25, -0.2) is 9.48 Å². The Hall–Kier alpha value is -4.95. The van der Waals surface area contributed by atoms with E-state index in [4.69, 9.17) is 14.2 Å². The van der Waals surface area contributed by atoms with Crippen molar-refractivity contribution >= 4 is 22.7 Å². The first-order valence-corrected chi connectivity index (χ1v) is 14.4. The average molecular weight is 579 g/mol. The molecular formula is C35H34N2O6. The minimum Gasteiger partial charge on any atom is -0.490 e. The Morgan fingerprint density at radius 2 is 1.56 bits per heavy atom. The van der Waals surface area contributed by atoms with E-state index in [2.05, 4.69) is 12.0 Å². The van der Waals surface area contributed by atoms with Crippen LogP contribution in [-0.2, 0) is 16.0 Å². The molecule has 0 bridgehead atoms. The Balaban J connectivity index is 1.21. The summed E-state index contributed by atoms with van der Waals surface area (Å²) < 4.78 is 18.6. The van der Waals surface area contributed by atoms with Crippen LogP contribution in [0.2, 0.25) is 0 Å². The van der Waals surface area contributed by atoms with Crippen LogP contribution in [0.4, 0.5) is 0 Å². The molecule has 1 unspecified atom stereocenters. The summed E-state index contributed by atoms with van der Waals surface area (Å²) in [6.07, 6.45) is 2.09. The summed E-state index contributed by atoms with van der Waals surface area (Å²) >= 11 is 0. The number of benzene rings is 4. The zero-order valence-corrected chi connectivity index (χ0v) is 24.2. The first kappa shape index (κ1) is 29.5. The van der Waals surface area contributed by atoms with E-state index in [0.29, 0.717) is 35.6 Å². The molecule has 0 radical (unpaired) electrons. The van der Waals surface area contributed by atoms with Gasteiger partial charge in [0.2, 0.25) is 6.23 Å². The number of nitrogens with zero attached hydrogens (tertiary/aromatic N) is 2. The molecule has 8 heteroatoms. The van der Waals surface area contributed by atoms with Gasteiger partial charge in [-0.2, -0.15) is 5.10 Å². The van der Waals surface area contributed by atoms with Crippen molar-refractivity contribution in [3.63, 3.8) is 0 Å². The molecule has 1 aromatic heterocycles. The van der Waals surface area contributed by atoms with Gasteiger partial charge in [-0.3, -0.25) is 4.79 Å². The molecule has 4 aromatic carbocycles. The zero-order chi connectivity index (χ0) is 30.2. The Kier molecular flexibility index (Phi) is 9.49. The lowest BCUT2D eigenvalue weighted by molar-refractivity contribution is -0.157. The number of aryl methyl sites for hydroxylation is 1. The molecule has 1 heterocycles. The van der Waals surface area contributed by atoms with Crippen molar-refractivity contribution in [2.24, 2.45) is 0 Å². The number of ether oxygens (including phenoxy) is 3. The lowest BCUT2D eigenvalue weighted by Gasteiger charge is -2.14. The molecule has 43 heavy (non-hydrogen) atoms. The predicted molar refractivity (Wildman–Crippen MR) is 165 cm³/mol. The number of carbonyl (C=O) groups is 2. The largest absolute Gasteiger partial charge is 0.490 e. The van der Waals surface area contributed by atoms with Crippen molar-refractivity contribution in [1.82, 2.24) is 9.78 Å². The van der Waals surface area contributed by atoms with Crippen LogP contribution in [0, 0.1) is 0 Å². The van der Waals surface area contributed by atoms with Crippen molar-refractivity contribution in [1.29, 1.82) is 0 Å². The summed E-state index contributed by atoms with van der Waals surface area (Å²) in [5.74, 6) is 0.212. The molecule has 220 valence electrons. The normalized spacial score (nSPS) is 11.8. The zero-order valence-electron chi connectivity index (χ0n) is 24.2. The van der Waals surface area contributed by atoms with Gasteiger partial charge in [-0.05, 0) is 66.4 Å². The van der Waals surface area contributed by atoms with Crippen molar-refractivity contribution in [3.05, 3.63) is 114 Å². The summed E-state index contributed by atoms with van der Waals surface area (Å²) in [4.78, 5) is 24.9. The summed E-state index contributed by atoms with van der Waals surface area (Å²) in [6, 6.07) is 28.7. The number of hydrogen-bond acceptors (Lipinski definition) is 6. The molecule has 1 atom stereocenters. The highest BCUT2D eigenvalue weighted by atomic mass is 16.5. The third-order valence-corrected chi connectivity index (χ3v) is 7.03. The summed E-state index contributed by atoms with van der Waals surface area (Å²) in [7, 11) is 0. The Labute approximate surface area is 250 Å². The number of carboxylic acids is 1. The van der Waals surface area contributed by atoms with E-state index in [1.807, 2.05) is 66.7 Å². The van der Waals surface area contributed by atoms with Gasteiger partial charge in [0.1, 0.15) is 24.7 Å². The fraction of sp³-hybridized carbons (Fsp3) is 0.229. The van der Waals surface area contributed by atoms with E-state index in [-0.39, 0.29) is 12.4 Å². The molecule has 1 N–H and O–H groups in total. The number of rotatable bonds is 14. The average Bonchev–Trinajstić information content (AvgIpc) is 3.45. The highest BCUT2D eigenvalue weighted by Gasteiger charge is 2.22. The maximum absolute atomic E-state index is 13.3. The molecule has 0 saturated carbocycles. The van der Waals surface area contributed by atoms with E-state index in [9.17, 15) is 14.7 Å². The van der Waals surface area contributed by atoms with Crippen LogP contribution in [0.25, 0.3) is 22.0 Å². The van der Waals surface area contributed by atoms with Gasteiger partial charge in [0, 0.05) is 23.1 Å². The van der Waals surface area contributed by atoms with Crippen molar-refractivity contribution in [2.75, 3.05) is 19.8 Å². The number of aromatic nitrogens is 2. The SMILES string of the molecule is CCCc1cc(C(=O)c2ccc(-c3ccccc3)cc2)ccc1OCCOc1ccc2c(cnn2C(OCC)C(=O)O)c1. The number of aliphatic carboxylic acids is 1. The quantitative estimate of drug-likeness (QED) is 0.112. The van der Waals surface area contributed by atoms with Gasteiger partial charge in [0.15, 0.2) is 5.78 Å². The minimum absolute atomic E-state index is 0.0264. The number of carboxylic acid groups (broad SMARTS) is 1. The van der Waals surface area contributed by atoms with Crippen molar-refractivity contribution in [3.8, 4) is 22.6 Å². The second-order valence-electron chi connectivity index (χ2n) is 10.00. The molecular weight excluding hydrogens is 544 g/mol. The van der Waals surface area contributed by atoms with Gasteiger partial charge in [0.25, 0.3) is 0 Å². The predicted octanol–water partition coefficient (Wildman–Crippen LogP) is 6.96. The molecule has 0 spiro atoms. The van der Waals surface area contributed by atoms with Crippen LogP contribution in [0.1, 0.15) is 48.0 Å². The lowest BCUT2D eigenvalue weighted by Crippen LogP contribution is -2.23. The monoisotopic (exact) mass is 578 g/mol. The molecule has 0 amide bonds. The van der Waals surface area contributed by atoms with Gasteiger partial charge >= 0.3 is 5.97 Å². The standard InChI is InChI=1S/C35H34N2O6/c1-3-8-27-21-28(33(38)26-13-11-25(12-14-26)24-9-6-5-7-10-24)15-18-32(27)43-20-19-42-30-16-17-31-29(22-30)23-36-37(31)34(35(39)40)41-4-2/h5-7,9-18,21-23,34H,3-4,8,19-20H2,1-2H3,(H,39,40). The number of ketones is 1. The molecule has 0 saturated heterocycles. The van der Waals surface area contributed by atoms with Gasteiger partial charge in [-0.15, -0.1) is 0 Å². The first-order valence-electron chi connectivity index (χ1n) is 14.4. The highest BCUT2D eigenvalue weighted by Crippen LogP contribution is 2.26. The summed E-state index contributed by atoms with van der Waals surface area (Å²) in [6.45, 7) is 4.70. The molecule has 0 aliphatic carbocycles. The van der Waals surface area contributed by atoms with E-state index >= 15 is 0 Å². The third-order valence-electron chi connectivity index (χ3n) is 7.03. The van der Waals surface area contributed by atoms with E-state index < -0.39 is 12.2 Å². The van der Waals surface area contributed by atoms with E-state index in [0.717, 1.165) is 40.7 Å². The van der Waals surface area contributed by atoms with Gasteiger partial charge in [0.05, 0.1) is 11.7 Å². The van der Waals surface area contributed by atoms with Crippen molar-refractivity contribution < 1.29 is 28.9 Å². The number of hydrogen-bond donors (Lipinski definition) is 1. The molecule has 0 aliphatic rings. The first-order chi connectivity index (χ1) is 21.0. The van der Waals surface area contributed by atoms with Crippen LogP contribution in [0.5, 0.6) is 11.5 Å². The molecule has 5 aromatic rings. The Bertz CT molecular complexity index is 1700. The number of carbonyl (C=O) groups excluding carboxylic acids is 1. The number of fused-ring (bicyclic) bond motifs is 1. The second-order valence-corrected chi connectivity index (χ2v) is 10.00. The second kappa shape index (κ2) is 13.8. The van der Waals surface area contributed by atoms with Crippen LogP contribution in [0.15, 0.2) is 97.2 Å². The fourth-order valence-electron chi connectivity index (χ4n) is 4.96. The smallest absolute Gasteiger partial charge is 0.356 e. The lowest BCUT2D eigenvalue weighted by atomic mass is 9.97. The van der Waals surface area contributed by atoms with Crippen LogP contribution in [-0.4, -0.2) is 46.5 Å². The fourth-order valence-corrected chi connectivity index (χ4v) is 4.96. The van der Waals surface area contributed by atoms with Crippen LogP contribution in [0.3, 0.4) is 0 Å². The van der Waals surface area contributed by atoms with Gasteiger partial charge in [-0.1, -0.05) is 67.9 Å². The molecule has 5 rings (SSSR count). The van der Waals surface area contributed by atoms with Gasteiger partial charge < -0.3 is 19.3 Å². The highest BCUT2D eigenvalue weighted by molar-refractivity contribution is 6.09. The Morgan fingerprint density at radius 3 is 2.28 bits per heavy atom. The van der Waals surface area contributed by atoms with Crippen LogP contribution >= 0.6 is 0 Å². The summed E-state index contributed by atoms with van der Waals surface area (Å²) in [5, 5.41) is 14.4. The third kappa shape index (κ3) is 6.93. The molecule has 8 nitrogen and oxygen atoms in total. The topological polar surface area (TPSA) is 99.9 Å².